The fraction of sp³-hybridized carbons (Fsp3) is 0.323. The summed E-state index contributed by atoms with van der Waals surface area (Å²) in [5, 5.41) is 12.4. The molecule has 0 aliphatic heterocycles. The number of carboxylic acids is 1. The van der Waals surface area contributed by atoms with Gasteiger partial charge in [0, 0.05) is 18.5 Å². The van der Waals surface area contributed by atoms with Crippen LogP contribution in [0.5, 0.6) is 0 Å². The van der Waals surface area contributed by atoms with Gasteiger partial charge in [-0.1, -0.05) is 91.7 Å². The van der Waals surface area contributed by atoms with E-state index in [2.05, 4.69) is 29.6 Å². The Morgan fingerprint density at radius 3 is 2.11 bits per heavy atom. The minimum Gasteiger partial charge on any atom is -0.480 e. The number of ether oxygens (including phenoxy) is 1. The van der Waals surface area contributed by atoms with E-state index in [-0.39, 0.29) is 31.5 Å². The summed E-state index contributed by atoms with van der Waals surface area (Å²) in [6.45, 7) is 0.0202. The lowest BCUT2D eigenvalue weighted by atomic mass is 9.83. The quantitative estimate of drug-likeness (QED) is 0.433. The molecule has 1 fully saturated rings. The van der Waals surface area contributed by atoms with Crippen LogP contribution < -0.4 is 5.32 Å². The summed E-state index contributed by atoms with van der Waals surface area (Å²) < 4.78 is 5.72. The molecule has 1 saturated carbocycles. The zero-order valence-electron chi connectivity index (χ0n) is 21.2. The van der Waals surface area contributed by atoms with Crippen molar-refractivity contribution < 1.29 is 24.2 Å². The van der Waals surface area contributed by atoms with Crippen molar-refractivity contribution >= 4 is 18.0 Å². The van der Waals surface area contributed by atoms with Crippen LogP contribution in [0, 0.1) is 5.92 Å². The third-order valence-corrected chi connectivity index (χ3v) is 7.58. The van der Waals surface area contributed by atoms with Gasteiger partial charge in [-0.3, -0.25) is 9.59 Å². The summed E-state index contributed by atoms with van der Waals surface area (Å²) in [6, 6.07) is 25.3. The van der Waals surface area contributed by atoms with Gasteiger partial charge in [0.05, 0.1) is 5.92 Å². The van der Waals surface area contributed by atoms with Crippen molar-refractivity contribution in [3.05, 3.63) is 95.6 Å². The predicted molar refractivity (Wildman–Crippen MR) is 143 cm³/mol. The number of alkyl carbamates (subject to hydrolysis) is 1. The van der Waals surface area contributed by atoms with Crippen molar-refractivity contribution in [1.82, 2.24) is 10.2 Å². The SMILES string of the molecule is O=C(O)CN(Cc1ccccc1)C(=O)C1CCCCC1NC(=O)OCC1c2ccccc2-c2ccccc21. The molecular weight excluding hydrogens is 480 g/mol. The number of nitrogens with one attached hydrogen (secondary N) is 1. The molecule has 2 N–H and O–H groups in total. The number of carbonyl (C=O) groups is 3. The van der Waals surface area contributed by atoms with Gasteiger partial charge < -0.3 is 20.1 Å². The number of aliphatic carboxylic acids is 1. The van der Waals surface area contributed by atoms with Gasteiger partial charge in [0.1, 0.15) is 13.2 Å². The van der Waals surface area contributed by atoms with Crippen LogP contribution in [0.1, 0.15) is 48.3 Å². The van der Waals surface area contributed by atoms with Gasteiger partial charge in [-0.15, -0.1) is 0 Å². The summed E-state index contributed by atoms with van der Waals surface area (Å²) in [6.07, 6.45) is 2.43. The average Bonchev–Trinajstić information content (AvgIpc) is 3.25. The number of nitrogens with zero attached hydrogens (tertiary/aromatic N) is 1. The first-order valence-corrected chi connectivity index (χ1v) is 13.2. The number of carboxylic acid groups (broad SMARTS) is 1. The van der Waals surface area contributed by atoms with Crippen LogP contribution >= 0.6 is 0 Å². The summed E-state index contributed by atoms with van der Waals surface area (Å²) in [7, 11) is 0. The van der Waals surface area contributed by atoms with E-state index in [4.69, 9.17) is 4.74 Å². The van der Waals surface area contributed by atoms with Crippen molar-refractivity contribution in [1.29, 1.82) is 0 Å². The highest BCUT2D eigenvalue weighted by Crippen LogP contribution is 2.44. The zero-order chi connectivity index (χ0) is 26.5. The number of rotatable bonds is 8. The highest BCUT2D eigenvalue weighted by molar-refractivity contribution is 5.84. The van der Waals surface area contributed by atoms with Crippen molar-refractivity contribution in [3.63, 3.8) is 0 Å². The second kappa shape index (κ2) is 11.5. The standard InChI is InChI=1S/C31H32N2O5/c34-29(35)19-33(18-21-10-2-1-3-11-21)30(36)26-16-8-9-17-28(26)32-31(37)38-20-27-24-14-6-4-12-22(24)23-13-5-7-15-25(23)27/h1-7,10-15,26-28H,8-9,16-20H2,(H,32,37)(H,34,35). The van der Waals surface area contributed by atoms with Crippen LogP contribution in [0.25, 0.3) is 11.1 Å². The van der Waals surface area contributed by atoms with Gasteiger partial charge in [0.15, 0.2) is 0 Å². The van der Waals surface area contributed by atoms with Gasteiger partial charge >= 0.3 is 12.1 Å². The van der Waals surface area contributed by atoms with E-state index in [0.717, 1.165) is 40.7 Å². The first kappa shape index (κ1) is 25.5. The van der Waals surface area contributed by atoms with E-state index in [1.54, 1.807) is 0 Å². The molecule has 3 aromatic rings. The minimum absolute atomic E-state index is 0.0473. The number of benzene rings is 3. The molecule has 3 aromatic carbocycles. The maximum Gasteiger partial charge on any atom is 0.407 e. The van der Waals surface area contributed by atoms with Gasteiger partial charge in [0.25, 0.3) is 0 Å². The Balaban J connectivity index is 1.25. The number of hydrogen-bond acceptors (Lipinski definition) is 4. The molecule has 196 valence electrons. The van der Waals surface area contributed by atoms with Crippen molar-refractivity contribution in [2.75, 3.05) is 13.2 Å². The Hall–Kier alpha value is -4.13. The number of carbonyl (C=O) groups excluding carboxylic acids is 2. The Kier molecular flexibility index (Phi) is 7.73. The largest absolute Gasteiger partial charge is 0.480 e. The lowest BCUT2D eigenvalue weighted by Gasteiger charge is -2.34. The molecule has 0 radical (unpaired) electrons. The first-order valence-electron chi connectivity index (χ1n) is 13.2. The fourth-order valence-electron chi connectivity index (χ4n) is 5.80. The van der Waals surface area contributed by atoms with Crippen molar-refractivity contribution in [2.24, 2.45) is 5.92 Å². The molecule has 0 spiro atoms. The second-order valence-electron chi connectivity index (χ2n) is 10.0. The molecule has 7 nitrogen and oxygen atoms in total. The highest BCUT2D eigenvalue weighted by Gasteiger charge is 2.36. The highest BCUT2D eigenvalue weighted by atomic mass is 16.5. The normalized spacial score (nSPS) is 18.2. The van der Waals surface area contributed by atoms with Crippen LogP contribution in [-0.4, -0.2) is 47.2 Å². The van der Waals surface area contributed by atoms with Crippen molar-refractivity contribution in [2.45, 2.75) is 44.2 Å². The van der Waals surface area contributed by atoms with Crippen LogP contribution in [0.2, 0.25) is 0 Å². The van der Waals surface area contributed by atoms with Crippen LogP contribution in [0.3, 0.4) is 0 Å². The molecule has 5 rings (SSSR count). The molecule has 2 unspecified atom stereocenters. The van der Waals surface area contributed by atoms with E-state index < -0.39 is 24.0 Å². The maximum atomic E-state index is 13.5. The fourth-order valence-corrected chi connectivity index (χ4v) is 5.80. The Bertz CT molecular complexity index is 1260. The van der Waals surface area contributed by atoms with Gasteiger partial charge in [0.2, 0.25) is 5.91 Å². The molecule has 2 atom stereocenters. The summed E-state index contributed by atoms with van der Waals surface area (Å²) in [5.41, 5.74) is 5.45. The zero-order valence-corrected chi connectivity index (χ0v) is 21.2. The molecule has 38 heavy (non-hydrogen) atoms. The first-order chi connectivity index (χ1) is 18.5. The minimum atomic E-state index is -1.06. The topological polar surface area (TPSA) is 95.9 Å². The average molecular weight is 513 g/mol. The maximum absolute atomic E-state index is 13.5. The number of fused-ring (bicyclic) bond motifs is 3. The third-order valence-electron chi connectivity index (χ3n) is 7.58. The lowest BCUT2D eigenvalue weighted by Crippen LogP contribution is -2.50. The Morgan fingerprint density at radius 2 is 1.45 bits per heavy atom. The summed E-state index contributed by atoms with van der Waals surface area (Å²) in [5.74, 6) is -1.85. The van der Waals surface area contributed by atoms with Gasteiger partial charge in [-0.2, -0.15) is 0 Å². The monoisotopic (exact) mass is 512 g/mol. The van der Waals surface area contributed by atoms with Gasteiger partial charge in [-0.05, 0) is 40.7 Å². The lowest BCUT2D eigenvalue weighted by molar-refractivity contribution is -0.147. The van der Waals surface area contributed by atoms with Crippen molar-refractivity contribution in [3.8, 4) is 11.1 Å². The molecule has 0 saturated heterocycles. The molecule has 0 bridgehead atoms. The predicted octanol–water partition coefficient (Wildman–Crippen LogP) is 5.20. The van der Waals surface area contributed by atoms with E-state index in [0.29, 0.717) is 12.8 Å². The number of amides is 2. The molecule has 2 aliphatic rings. The second-order valence-corrected chi connectivity index (χ2v) is 10.0. The third kappa shape index (κ3) is 5.57. The molecule has 0 heterocycles. The molecule has 2 amide bonds. The Morgan fingerprint density at radius 1 is 0.842 bits per heavy atom. The van der Waals surface area contributed by atoms with E-state index in [9.17, 15) is 19.5 Å². The van der Waals surface area contributed by atoms with E-state index in [1.807, 2.05) is 54.6 Å². The summed E-state index contributed by atoms with van der Waals surface area (Å²) in [4.78, 5) is 39.4. The molecule has 2 aliphatic carbocycles. The van der Waals surface area contributed by atoms with E-state index >= 15 is 0 Å². The number of hydrogen-bond donors (Lipinski definition) is 2. The summed E-state index contributed by atoms with van der Waals surface area (Å²) >= 11 is 0. The molecule has 0 aromatic heterocycles. The Labute approximate surface area is 222 Å². The smallest absolute Gasteiger partial charge is 0.407 e. The van der Waals surface area contributed by atoms with Gasteiger partial charge in [-0.25, -0.2) is 4.79 Å². The van der Waals surface area contributed by atoms with E-state index in [1.165, 1.54) is 4.90 Å². The molecule has 7 heteroatoms. The van der Waals surface area contributed by atoms with Crippen LogP contribution in [-0.2, 0) is 20.9 Å². The van der Waals surface area contributed by atoms with Crippen LogP contribution in [0.15, 0.2) is 78.9 Å². The molecular formula is C31H32N2O5. The van der Waals surface area contributed by atoms with Crippen LogP contribution in [0.4, 0.5) is 4.79 Å².